The summed E-state index contributed by atoms with van der Waals surface area (Å²) in [5.41, 5.74) is 2.17. The Kier molecular flexibility index (Phi) is 6.45. The highest BCUT2D eigenvalue weighted by Gasteiger charge is 2.19. The van der Waals surface area contributed by atoms with Crippen molar-refractivity contribution in [1.29, 1.82) is 0 Å². The lowest BCUT2D eigenvalue weighted by molar-refractivity contribution is -0.120. The molecule has 0 spiro atoms. The van der Waals surface area contributed by atoms with Crippen molar-refractivity contribution < 1.29 is 4.79 Å². The SMILES string of the molecule is CC[C@H](CNC(=O)[C@H](C)Sc1nc(C)nc2ccccc12)c1ccccc1. The molecule has 0 aliphatic heterocycles. The van der Waals surface area contributed by atoms with E-state index in [1.807, 2.05) is 56.3 Å². The molecule has 0 fully saturated rings. The van der Waals surface area contributed by atoms with Crippen molar-refractivity contribution in [2.75, 3.05) is 6.54 Å². The topological polar surface area (TPSA) is 54.9 Å². The van der Waals surface area contributed by atoms with Crippen LogP contribution in [0.3, 0.4) is 0 Å². The minimum absolute atomic E-state index is 0.0368. The summed E-state index contributed by atoms with van der Waals surface area (Å²) >= 11 is 1.49. The summed E-state index contributed by atoms with van der Waals surface area (Å²) in [6.45, 7) is 6.61. The van der Waals surface area contributed by atoms with E-state index >= 15 is 0 Å². The third-order valence-corrected chi connectivity index (χ3v) is 5.73. The number of amides is 1. The molecule has 0 saturated carbocycles. The van der Waals surface area contributed by atoms with E-state index < -0.39 is 0 Å². The number of aromatic nitrogens is 2. The Bertz CT molecular complexity index is 914. The normalized spacial score (nSPS) is 13.3. The quantitative estimate of drug-likeness (QED) is 0.476. The zero-order valence-electron chi connectivity index (χ0n) is 16.0. The molecule has 140 valence electrons. The number of rotatable bonds is 7. The summed E-state index contributed by atoms with van der Waals surface area (Å²) in [4.78, 5) is 21.7. The Hall–Kier alpha value is -2.40. The van der Waals surface area contributed by atoms with Gasteiger partial charge in [-0.3, -0.25) is 4.79 Å². The van der Waals surface area contributed by atoms with Crippen LogP contribution in [0.15, 0.2) is 59.6 Å². The molecule has 5 heteroatoms. The van der Waals surface area contributed by atoms with E-state index in [4.69, 9.17) is 0 Å². The molecule has 27 heavy (non-hydrogen) atoms. The number of nitrogens with one attached hydrogen (secondary N) is 1. The second-order valence-corrected chi connectivity index (χ2v) is 7.94. The van der Waals surface area contributed by atoms with Gasteiger partial charge < -0.3 is 5.32 Å². The second kappa shape index (κ2) is 9.00. The van der Waals surface area contributed by atoms with E-state index in [2.05, 4.69) is 34.3 Å². The molecular formula is C22H25N3OS. The molecule has 0 aliphatic carbocycles. The van der Waals surface area contributed by atoms with Crippen LogP contribution in [0.1, 0.15) is 37.6 Å². The highest BCUT2D eigenvalue weighted by molar-refractivity contribution is 8.00. The minimum Gasteiger partial charge on any atom is -0.355 e. The van der Waals surface area contributed by atoms with Crippen LogP contribution < -0.4 is 5.32 Å². The van der Waals surface area contributed by atoms with Gasteiger partial charge in [0, 0.05) is 17.8 Å². The van der Waals surface area contributed by atoms with Crippen molar-refractivity contribution in [3.63, 3.8) is 0 Å². The van der Waals surface area contributed by atoms with Gasteiger partial charge in [-0.05, 0) is 31.9 Å². The average molecular weight is 380 g/mol. The van der Waals surface area contributed by atoms with Gasteiger partial charge in [0.15, 0.2) is 0 Å². The maximum Gasteiger partial charge on any atom is 0.233 e. The first-order valence-corrected chi connectivity index (χ1v) is 10.2. The molecule has 1 amide bonds. The molecule has 0 aliphatic rings. The lowest BCUT2D eigenvalue weighted by Gasteiger charge is -2.18. The summed E-state index contributed by atoms with van der Waals surface area (Å²) < 4.78 is 0. The van der Waals surface area contributed by atoms with Crippen LogP contribution in [0.4, 0.5) is 0 Å². The number of hydrogen-bond acceptors (Lipinski definition) is 4. The fourth-order valence-corrected chi connectivity index (χ4v) is 4.07. The maximum absolute atomic E-state index is 12.6. The number of hydrogen-bond donors (Lipinski definition) is 1. The maximum atomic E-state index is 12.6. The Morgan fingerprint density at radius 3 is 2.52 bits per heavy atom. The Labute approximate surface area is 164 Å². The molecule has 0 saturated heterocycles. The molecule has 4 nitrogen and oxygen atoms in total. The van der Waals surface area contributed by atoms with Crippen molar-refractivity contribution in [2.45, 2.75) is 43.4 Å². The first-order valence-electron chi connectivity index (χ1n) is 9.31. The Morgan fingerprint density at radius 2 is 1.78 bits per heavy atom. The lowest BCUT2D eigenvalue weighted by Crippen LogP contribution is -2.34. The minimum atomic E-state index is -0.226. The van der Waals surface area contributed by atoms with Crippen LogP contribution in [0, 0.1) is 6.92 Å². The molecule has 1 N–H and O–H groups in total. The molecule has 3 aromatic rings. The van der Waals surface area contributed by atoms with Crippen LogP contribution in [0.2, 0.25) is 0 Å². The van der Waals surface area contributed by atoms with Gasteiger partial charge in [-0.15, -0.1) is 0 Å². The van der Waals surface area contributed by atoms with Crippen LogP contribution in [0.25, 0.3) is 10.9 Å². The van der Waals surface area contributed by atoms with E-state index in [0.29, 0.717) is 12.5 Å². The predicted molar refractivity (Wildman–Crippen MR) is 112 cm³/mol. The van der Waals surface area contributed by atoms with Crippen molar-refractivity contribution in [3.8, 4) is 0 Å². The zero-order valence-corrected chi connectivity index (χ0v) is 16.8. The Balaban J connectivity index is 1.66. The number of aryl methyl sites for hydroxylation is 1. The highest BCUT2D eigenvalue weighted by atomic mass is 32.2. The van der Waals surface area contributed by atoms with E-state index in [9.17, 15) is 4.79 Å². The summed E-state index contributed by atoms with van der Waals surface area (Å²) in [5.74, 6) is 1.09. The zero-order chi connectivity index (χ0) is 19.2. The van der Waals surface area contributed by atoms with Gasteiger partial charge >= 0.3 is 0 Å². The molecule has 3 rings (SSSR count). The second-order valence-electron chi connectivity index (χ2n) is 6.61. The van der Waals surface area contributed by atoms with Gasteiger partial charge in [0.2, 0.25) is 5.91 Å². The third-order valence-electron chi connectivity index (χ3n) is 4.62. The molecule has 1 aromatic heterocycles. The number of carbonyl (C=O) groups is 1. The number of para-hydroxylation sites is 1. The molecule has 0 radical (unpaired) electrons. The molecule has 1 heterocycles. The van der Waals surface area contributed by atoms with Gasteiger partial charge in [-0.2, -0.15) is 0 Å². The molecule has 2 atom stereocenters. The van der Waals surface area contributed by atoms with Crippen LogP contribution in [-0.4, -0.2) is 27.7 Å². The summed E-state index contributed by atoms with van der Waals surface area (Å²) in [5, 5.41) is 4.73. The number of carbonyl (C=O) groups excluding carboxylic acids is 1. The highest BCUT2D eigenvalue weighted by Crippen LogP contribution is 2.28. The fourth-order valence-electron chi connectivity index (χ4n) is 3.06. The predicted octanol–water partition coefficient (Wildman–Crippen LogP) is 4.73. The van der Waals surface area contributed by atoms with E-state index in [1.54, 1.807) is 0 Å². The van der Waals surface area contributed by atoms with E-state index in [1.165, 1.54) is 17.3 Å². The van der Waals surface area contributed by atoms with Crippen LogP contribution >= 0.6 is 11.8 Å². The molecule has 2 aromatic carbocycles. The van der Waals surface area contributed by atoms with Crippen molar-refractivity contribution in [2.24, 2.45) is 0 Å². The largest absolute Gasteiger partial charge is 0.355 e. The van der Waals surface area contributed by atoms with Gasteiger partial charge in [0.25, 0.3) is 0 Å². The molecule has 0 unspecified atom stereocenters. The van der Waals surface area contributed by atoms with E-state index in [-0.39, 0.29) is 11.2 Å². The monoisotopic (exact) mass is 379 g/mol. The molecule has 0 bridgehead atoms. The number of thioether (sulfide) groups is 1. The van der Waals surface area contributed by atoms with Gasteiger partial charge in [0.1, 0.15) is 10.9 Å². The van der Waals surface area contributed by atoms with E-state index in [0.717, 1.165) is 28.2 Å². The first-order chi connectivity index (χ1) is 13.1. The summed E-state index contributed by atoms with van der Waals surface area (Å²) in [6.07, 6.45) is 0.988. The van der Waals surface area contributed by atoms with Crippen molar-refractivity contribution in [3.05, 3.63) is 66.0 Å². The van der Waals surface area contributed by atoms with Crippen LogP contribution in [-0.2, 0) is 4.79 Å². The van der Waals surface area contributed by atoms with Crippen molar-refractivity contribution >= 4 is 28.6 Å². The average Bonchev–Trinajstić information content (AvgIpc) is 2.69. The van der Waals surface area contributed by atoms with Gasteiger partial charge in [-0.1, -0.05) is 67.2 Å². The number of fused-ring (bicyclic) bond motifs is 1. The third kappa shape index (κ3) is 4.86. The summed E-state index contributed by atoms with van der Waals surface area (Å²) in [7, 11) is 0. The van der Waals surface area contributed by atoms with Gasteiger partial charge in [0.05, 0.1) is 10.8 Å². The standard InChI is InChI=1S/C22H25N3OS/c1-4-17(18-10-6-5-7-11-18)14-23-21(26)15(2)27-22-19-12-8-9-13-20(19)24-16(3)25-22/h5-13,15,17H,4,14H2,1-3H3,(H,23,26)/t15-,17+/m0/s1. The number of nitrogens with zero attached hydrogens (tertiary/aromatic N) is 2. The smallest absolute Gasteiger partial charge is 0.233 e. The lowest BCUT2D eigenvalue weighted by atomic mass is 9.96. The van der Waals surface area contributed by atoms with Crippen LogP contribution in [0.5, 0.6) is 0 Å². The first kappa shape index (κ1) is 19.4. The number of benzene rings is 2. The Morgan fingerprint density at radius 1 is 1.07 bits per heavy atom. The fraction of sp³-hybridized carbons (Fsp3) is 0.318. The van der Waals surface area contributed by atoms with Crippen molar-refractivity contribution in [1.82, 2.24) is 15.3 Å². The molecular weight excluding hydrogens is 354 g/mol. The van der Waals surface area contributed by atoms with Gasteiger partial charge in [-0.25, -0.2) is 9.97 Å². The summed E-state index contributed by atoms with van der Waals surface area (Å²) in [6, 6.07) is 18.3.